The number of para-hydroxylation sites is 1. The predicted molar refractivity (Wildman–Crippen MR) is 172 cm³/mol. The van der Waals surface area contributed by atoms with Gasteiger partial charge in [0.05, 0.1) is 0 Å². The zero-order chi connectivity index (χ0) is 30.8. The molecule has 0 fully saturated rings. The quantitative estimate of drug-likeness (QED) is 0.170. The molecule has 3 heterocycles. The number of hydrogen-bond acceptors (Lipinski definition) is 3. The van der Waals surface area contributed by atoms with Gasteiger partial charge in [-0.15, -0.1) is 71.3 Å². The molecule has 0 aliphatic heterocycles. The Hall–Kier alpha value is -4.89. The van der Waals surface area contributed by atoms with Crippen LogP contribution in [0.25, 0.3) is 66.4 Å². The van der Waals surface area contributed by atoms with Crippen LogP contribution in [0.15, 0.2) is 144 Å². The third-order valence-corrected chi connectivity index (χ3v) is 7.20. The van der Waals surface area contributed by atoms with Crippen molar-refractivity contribution in [1.82, 2.24) is 9.97 Å². The Bertz CT molecular complexity index is 2250. The van der Waals surface area contributed by atoms with E-state index in [0.29, 0.717) is 0 Å². The summed E-state index contributed by atoms with van der Waals surface area (Å²) in [6, 6.07) is 48.2. The third kappa shape index (κ3) is 5.76. The van der Waals surface area contributed by atoms with Crippen molar-refractivity contribution >= 4 is 32.7 Å². The van der Waals surface area contributed by atoms with Gasteiger partial charge in [-0.05, 0) is 58.3 Å². The number of fused-ring (bicyclic) bond motifs is 5. The fraction of sp³-hybridized carbons (Fsp3) is 0.0256. The van der Waals surface area contributed by atoms with Crippen LogP contribution in [0.3, 0.4) is 0 Å². The van der Waals surface area contributed by atoms with Gasteiger partial charge in [0.15, 0.2) is 0 Å². The molecular weight excluding hydrogens is 705 g/mol. The second-order valence-corrected chi connectivity index (χ2v) is 9.85. The fourth-order valence-corrected chi connectivity index (χ4v) is 5.24. The van der Waals surface area contributed by atoms with Gasteiger partial charge in [0.25, 0.3) is 0 Å². The topological polar surface area (TPSA) is 38.9 Å². The van der Waals surface area contributed by atoms with Crippen molar-refractivity contribution in [3.05, 3.63) is 157 Å². The Morgan fingerprint density at radius 1 is 0.628 bits per heavy atom. The van der Waals surface area contributed by atoms with E-state index in [4.69, 9.17) is 8.53 Å². The SMILES string of the molecule is [2H]C([2H])([2H])c1ccc(-c2[c-]cccc2)nc1.[Ir].[c-]1ccc(-c2cccc3c2ccc2oc4ccccc4c23)cc1-c1ccccn1. The molecule has 43 heavy (non-hydrogen) atoms. The molecule has 209 valence electrons. The number of aromatic nitrogens is 2. The van der Waals surface area contributed by atoms with Crippen LogP contribution in [0.1, 0.15) is 9.68 Å². The maximum absolute atomic E-state index is 7.23. The van der Waals surface area contributed by atoms with Crippen molar-refractivity contribution in [2.75, 3.05) is 0 Å². The van der Waals surface area contributed by atoms with Crippen molar-refractivity contribution in [3.8, 4) is 33.6 Å². The molecule has 0 aliphatic rings. The summed E-state index contributed by atoms with van der Waals surface area (Å²) in [6.45, 7) is -2.09. The number of pyridine rings is 2. The maximum Gasteiger partial charge on any atom is 0.136 e. The number of aryl methyl sites for hydroxylation is 1. The fourth-order valence-electron chi connectivity index (χ4n) is 5.24. The monoisotopic (exact) mass is 734 g/mol. The van der Waals surface area contributed by atoms with Crippen molar-refractivity contribution in [1.29, 1.82) is 0 Å². The van der Waals surface area contributed by atoms with E-state index in [9.17, 15) is 0 Å². The molecule has 8 aromatic rings. The van der Waals surface area contributed by atoms with E-state index >= 15 is 0 Å². The first-order valence-electron chi connectivity index (χ1n) is 15.2. The summed E-state index contributed by atoms with van der Waals surface area (Å²) in [7, 11) is 0. The number of nitrogens with zero attached hydrogens (tertiary/aromatic N) is 2. The molecule has 0 amide bonds. The molecule has 0 bridgehead atoms. The smallest absolute Gasteiger partial charge is 0.136 e. The zero-order valence-corrected chi connectivity index (χ0v) is 25.3. The van der Waals surface area contributed by atoms with Crippen LogP contribution < -0.4 is 0 Å². The van der Waals surface area contributed by atoms with Crippen molar-refractivity contribution in [2.45, 2.75) is 6.85 Å². The van der Waals surface area contributed by atoms with Crippen LogP contribution in [-0.2, 0) is 20.1 Å². The van der Waals surface area contributed by atoms with Crippen LogP contribution in [-0.4, -0.2) is 9.97 Å². The van der Waals surface area contributed by atoms with Crippen LogP contribution in [0, 0.1) is 19.0 Å². The average molecular weight is 734 g/mol. The molecule has 1 radical (unpaired) electrons. The maximum atomic E-state index is 7.23. The van der Waals surface area contributed by atoms with Gasteiger partial charge in [-0.2, -0.15) is 0 Å². The Morgan fingerprint density at radius 2 is 1.47 bits per heavy atom. The van der Waals surface area contributed by atoms with Crippen LogP contribution >= 0.6 is 0 Å². The molecule has 5 aromatic carbocycles. The number of rotatable bonds is 3. The van der Waals surface area contributed by atoms with E-state index in [-0.39, 0.29) is 25.7 Å². The Kier molecular flexibility index (Phi) is 7.20. The summed E-state index contributed by atoms with van der Waals surface area (Å²) in [5.74, 6) is 0. The number of benzene rings is 5. The largest absolute Gasteiger partial charge is 0.456 e. The Labute approximate surface area is 268 Å². The minimum absolute atomic E-state index is 0. The van der Waals surface area contributed by atoms with Gasteiger partial charge >= 0.3 is 0 Å². The van der Waals surface area contributed by atoms with Gasteiger partial charge in [-0.25, -0.2) is 0 Å². The van der Waals surface area contributed by atoms with Crippen molar-refractivity contribution < 1.29 is 28.6 Å². The van der Waals surface area contributed by atoms with Gasteiger partial charge in [-0.3, -0.25) is 0 Å². The molecule has 0 unspecified atom stereocenters. The molecule has 8 rings (SSSR count). The minimum Gasteiger partial charge on any atom is -0.456 e. The van der Waals surface area contributed by atoms with Gasteiger partial charge in [0, 0.05) is 47.4 Å². The first-order valence-corrected chi connectivity index (χ1v) is 13.7. The molecule has 3 aromatic heterocycles. The first-order chi connectivity index (χ1) is 22.0. The Balaban J connectivity index is 0.000000187. The van der Waals surface area contributed by atoms with Gasteiger partial charge in [-0.1, -0.05) is 66.7 Å². The molecule has 4 heteroatoms. The summed E-state index contributed by atoms with van der Waals surface area (Å²) in [6.07, 6.45) is 3.21. The van der Waals surface area contributed by atoms with E-state index < -0.39 is 6.85 Å². The van der Waals surface area contributed by atoms with Gasteiger partial charge in [0.2, 0.25) is 0 Å². The minimum atomic E-state index is -2.09. The average Bonchev–Trinajstić information content (AvgIpc) is 3.48. The van der Waals surface area contributed by atoms with E-state index in [1.165, 1.54) is 27.9 Å². The van der Waals surface area contributed by atoms with Crippen LogP contribution in [0.2, 0.25) is 0 Å². The molecule has 0 saturated carbocycles. The first kappa shape index (κ1) is 24.7. The van der Waals surface area contributed by atoms with E-state index in [2.05, 4.69) is 76.7 Å². The van der Waals surface area contributed by atoms with Crippen LogP contribution in [0.5, 0.6) is 0 Å². The van der Waals surface area contributed by atoms with Crippen molar-refractivity contribution in [3.63, 3.8) is 0 Å². The molecular formula is C39H26IrN2O-2. The Morgan fingerprint density at radius 3 is 2.28 bits per heavy atom. The van der Waals surface area contributed by atoms with Crippen molar-refractivity contribution in [2.24, 2.45) is 0 Å². The van der Waals surface area contributed by atoms with Gasteiger partial charge in [0.1, 0.15) is 11.2 Å². The van der Waals surface area contributed by atoms with E-state index in [1.54, 1.807) is 18.2 Å². The number of furan rings is 1. The summed E-state index contributed by atoms with van der Waals surface area (Å²) in [4.78, 5) is 8.59. The van der Waals surface area contributed by atoms with Gasteiger partial charge < -0.3 is 14.4 Å². The zero-order valence-electron chi connectivity index (χ0n) is 25.9. The molecule has 0 saturated heterocycles. The number of hydrogen-bond donors (Lipinski definition) is 0. The molecule has 0 aliphatic carbocycles. The predicted octanol–water partition coefficient (Wildman–Crippen LogP) is 10.1. The summed E-state index contributed by atoms with van der Waals surface area (Å²) >= 11 is 0. The molecule has 0 spiro atoms. The van der Waals surface area contributed by atoms with E-state index in [1.807, 2.05) is 60.8 Å². The third-order valence-electron chi connectivity index (χ3n) is 7.20. The van der Waals surface area contributed by atoms with Crippen LogP contribution in [0.4, 0.5) is 0 Å². The molecule has 3 nitrogen and oxygen atoms in total. The second-order valence-electron chi connectivity index (χ2n) is 9.85. The summed E-state index contributed by atoms with van der Waals surface area (Å²) < 4.78 is 27.8. The summed E-state index contributed by atoms with van der Waals surface area (Å²) in [5.41, 5.74) is 7.97. The van der Waals surface area contributed by atoms with E-state index in [0.717, 1.165) is 44.6 Å². The normalized spacial score (nSPS) is 12.0. The molecule has 0 atom stereocenters. The summed E-state index contributed by atoms with van der Waals surface area (Å²) in [5, 5.41) is 4.75. The second kappa shape index (κ2) is 12.5. The standard InChI is InChI=1S/C27H16NO.C12H10N.Ir/c1-2-13-25-23(9-1)27-22-11-6-10-20(21(22)14-15-26(27)29-25)18-7-5-8-19(17-18)24-12-3-4-16-28-24;1-10-7-8-12(13-9-10)11-5-3-2-4-6-11;/h1-7,9-17H;2-5,7-9H,1H3;/q2*-1;/i;1D3;. The molecule has 0 N–H and O–H groups in total.